The lowest BCUT2D eigenvalue weighted by molar-refractivity contribution is 0.0996. The lowest BCUT2D eigenvalue weighted by atomic mass is 10.1. The summed E-state index contributed by atoms with van der Waals surface area (Å²) in [6, 6.07) is 11.5. The summed E-state index contributed by atoms with van der Waals surface area (Å²) in [6.07, 6.45) is 0. The highest BCUT2D eigenvalue weighted by Gasteiger charge is 2.12. The molecule has 2 aromatic rings. The molecule has 0 radical (unpaired) electrons. The van der Waals surface area contributed by atoms with Gasteiger partial charge in [0.2, 0.25) is 5.91 Å². The average molecular weight is 349 g/mol. The second-order valence-corrected chi connectivity index (χ2v) is 5.10. The minimum Gasteiger partial charge on any atom is -0.497 e. The van der Waals surface area contributed by atoms with Gasteiger partial charge in [0.1, 0.15) is 5.75 Å². The van der Waals surface area contributed by atoms with Gasteiger partial charge in [0.05, 0.1) is 12.7 Å². The van der Waals surface area contributed by atoms with E-state index in [-0.39, 0.29) is 5.91 Å². The van der Waals surface area contributed by atoms with E-state index in [9.17, 15) is 9.59 Å². The zero-order valence-electron chi connectivity index (χ0n) is 11.2. The van der Waals surface area contributed by atoms with Gasteiger partial charge in [-0.3, -0.25) is 9.59 Å². The van der Waals surface area contributed by atoms with Crippen molar-refractivity contribution in [3.05, 3.63) is 58.1 Å². The molecule has 0 aliphatic carbocycles. The SMILES string of the molecule is COc1ccc(Br)c(C(=O)Nc2cccc(C(N)=O)c2)c1. The summed E-state index contributed by atoms with van der Waals surface area (Å²) in [4.78, 5) is 23.4. The smallest absolute Gasteiger partial charge is 0.256 e. The van der Waals surface area contributed by atoms with Gasteiger partial charge in [-0.1, -0.05) is 6.07 Å². The Labute approximate surface area is 130 Å². The maximum absolute atomic E-state index is 12.3. The molecule has 2 amide bonds. The van der Waals surface area contributed by atoms with Gasteiger partial charge in [-0.25, -0.2) is 0 Å². The Morgan fingerprint density at radius 3 is 2.62 bits per heavy atom. The Balaban J connectivity index is 2.25. The first-order valence-corrected chi connectivity index (χ1v) is 6.85. The van der Waals surface area contributed by atoms with Crippen molar-refractivity contribution >= 4 is 33.4 Å². The fraction of sp³-hybridized carbons (Fsp3) is 0.0667. The number of nitrogens with one attached hydrogen (secondary N) is 1. The molecule has 0 unspecified atom stereocenters. The monoisotopic (exact) mass is 348 g/mol. The van der Waals surface area contributed by atoms with Crippen LogP contribution in [0.1, 0.15) is 20.7 Å². The molecule has 0 saturated carbocycles. The van der Waals surface area contributed by atoms with E-state index >= 15 is 0 Å². The van der Waals surface area contributed by atoms with Gasteiger partial charge in [0, 0.05) is 15.7 Å². The molecule has 0 fully saturated rings. The van der Waals surface area contributed by atoms with Gasteiger partial charge >= 0.3 is 0 Å². The quantitative estimate of drug-likeness (QED) is 0.891. The van der Waals surface area contributed by atoms with Gasteiger partial charge in [-0.15, -0.1) is 0 Å². The number of nitrogens with two attached hydrogens (primary N) is 1. The van der Waals surface area contributed by atoms with Gasteiger partial charge in [0.25, 0.3) is 5.91 Å². The molecule has 3 N–H and O–H groups in total. The van der Waals surface area contributed by atoms with Crippen LogP contribution in [-0.2, 0) is 0 Å². The maximum atomic E-state index is 12.3. The van der Waals surface area contributed by atoms with Crippen LogP contribution in [0.25, 0.3) is 0 Å². The zero-order valence-corrected chi connectivity index (χ0v) is 12.8. The van der Waals surface area contributed by atoms with Crippen LogP contribution in [0.2, 0.25) is 0 Å². The van der Waals surface area contributed by atoms with Gasteiger partial charge in [0.15, 0.2) is 0 Å². The molecule has 2 rings (SSSR count). The van der Waals surface area contributed by atoms with Gasteiger partial charge in [-0.2, -0.15) is 0 Å². The molecule has 0 atom stereocenters. The molecule has 0 bridgehead atoms. The molecule has 0 aliphatic rings. The highest BCUT2D eigenvalue weighted by Crippen LogP contribution is 2.23. The lowest BCUT2D eigenvalue weighted by Crippen LogP contribution is -2.15. The molecule has 2 aromatic carbocycles. The molecule has 21 heavy (non-hydrogen) atoms. The number of rotatable bonds is 4. The van der Waals surface area contributed by atoms with E-state index in [2.05, 4.69) is 21.2 Å². The van der Waals surface area contributed by atoms with Crippen molar-refractivity contribution in [1.29, 1.82) is 0 Å². The molecule has 0 aliphatic heterocycles. The van der Waals surface area contributed by atoms with Crippen molar-refractivity contribution in [2.75, 3.05) is 12.4 Å². The van der Waals surface area contributed by atoms with Crippen molar-refractivity contribution in [2.45, 2.75) is 0 Å². The number of ether oxygens (including phenoxy) is 1. The van der Waals surface area contributed by atoms with Crippen LogP contribution < -0.4 is 15.8 Å². The van der Waals surface area contributed by atoms with E-state index < -0.39 is 5.91 Å². The third-order valence-electron chi connectivity index (χ3n) is 2.82. The first kappa shape index (κ1) is 15.1. The maximum Gasteiger partial charge on any atom is 0.256 e. The number of methoxy groups -OCH3 is 1. The normalized spacial score (nSPS) is 10.0. The number of carbonyl (C=O) groups excluding carboxylic acids is 2. The Kier molecular flexibility index (Phi) is 4.59. The fourth-order valence-electron chi connectivity index (χ4n) is 1.75. The van der Waals surface area contributed by atoms with Crippen LogP contribution in [0, 0.1) is 0 Å². The van der Waals surface area contributed by atoms with Crippen molar-refractivity contribution < 1.29 is 14.3 Å². The molecule has 5 nitrogen and oxygen atoms in total. The Morgan fingerprint density at radius 1 is 1.19 bits per heavy atom. The fourth-order valence-corrected chi connectivity index (χ4v) is 2.18. The summed E-state index contributed by atoms with van der Waals surface area (Å²) < 4.78 is 5.74. The number of halogens is 1. The van der Waals surface area contributed by atoms with E-state index in [0.717, 1.165) is 0 Å². The summed E-state index contributed by atoms with van der Waals surface area (Å²) >= 11 is 3.32. The van der Waals surface area contributed by atoms with Crippen LogP contribution in [0.15, 0.2) is 46.9 Å². The second kappa shape index (κ2) is 6.41. The third kappa shape index (κ3) is 3.61. The predicted octanol–water partition coefficient (Wildman–Crippen LogP) is 2.81. The molecule has 0 saturated heterocycles. The summed E-state index contributed by atoms with van der Waals surface area (Å²) in [5.41, 5.74) is 6.46. The van der Waals surface area contributed by atoms with E-state index in [1.807, 2.05) is 0 Å². The molecule has 108 valence electrons. The minimum absolute atomic E-state index is 0.317. The Morgan fingerprint density at radius 2 is 1.95 bits per heavy atom. The Hall–Kier alpha value is -2.34. The standard InChI is InChI=1S/C15H13BrN2O3/c1-21-11-5-6-13(16)12(8-11)15(20)18-10-4-2-3-9(7-10)14(17)19/h2-8H,1H3,(H2,17,19)(H,18,20). The second-order valence-electron chi connectivity index (χ2n) is 4.24. The topological polar surface area (TPSA) is 81.4 Å². The highest BCUT2D eigenvalue weighted by molar-refractivity contribution is 9.10. The molecule has 6 heteroatoms. The Bertz CT molecular complexity index is 701. The first-order valence-electron chi connectivity index (χ1n) is 6.06. The summed E-state index contributed by atoms with van der Waals surface area (Å²) in [6.45, 7) is 0. The number of hydrogen-bond acceptors (Lipinski definition) is 3. The summed E-state index contributed by atoms with van der Waals surface area (Å²) in [5.74, 6) is -0.287. The molecular weight excluding hydrogens is 336 g/mol. The van der Waals surface area contributed by atoms with Gasteiger partial charge in [-0.05, 0) is 52.3 Å². The van der Waals surface area contributed by atoms with Crippen LogP contribution in [-0.4, -0.2) is 18.9 Å². The zero-order chi connectivity index (χ0) is 15.4. The van der Waals surface area contributed by atoms with Crippen LogP contribution in [0.3, 0.4) is 0 Å². The largest absolute Gasteiger partial charge is 0.497 e. The molecule has 0 aromatic heterocycles. The van der Waals surface area contributed by atoms with Gasteiger partial charge < -0.3 is 15.8 Å². The molecule has 0 spiro atoms. The van der Waals surface area contributed by atoms with E-state index in [1.54, 1.807) is 36.4 Å². The van der Waals surface area contributed by atoms with Crippen molar-refractivity contribution in [1.82, 2.24) is 0 Å². The van der Waals surface area contributed by atoms with E-state index in [4.69, 9.17) is 10.5 Å². The van der Waals surface area contributed by atoms with Crippen molar-refractivity contribution in [2.24, 2.45) is 5.73 Å². The van der Waals surface area contributed by atoms with Crippen molar-refractivity contribution in [3.8, 4) is 5.75 Å². The molecular formula is C15H13BrN2O3. The van der Waals surface area contributed by atoms with Crippen LogP contribution >= 0.6 is 15.9 Å². The average Bonchev–Trinajstić information content (AvgIpc) is 2.48. The van der Waals surface area contributed by atoms with Crippen LogP contribution in [0.5, 0.6) is 5.75 Å². The summed E-state index contributed by atoms with van der Waals surface area (Å²) in [5, 5.41) is 2.71. The third-order valence-corrected chi connectivity index (χ3v) is 3.51. The number of hydrogen-bond donors (Lipinski definition) is 2. The number of amides is 2. The van der Waals surface area contributed by atoms with Crippen LogP contribution in [0.4, 0.5) is 5.69 Å². The van der Waals surface area contributed by atoms with E-state index in [1.165, 1.54) is 13.2 Å². The summed E-state index contributed by atoms with van der Waals surface area (Å²) in [7, 11) is 1.53. The predicted molar refractivity (Wildman–Crippen MR) is 83.6 cm³/mol. The first-order chi connectivity index (χ1) is 10.0. The minimum atomic E-state index is -0.548. The number of carbonyl (C=O) groups is 2. The number of anilines is 1. The molecule has 0 heterocycles. The highest BCUT2D eigenvalue weighted by atomic mass is 79.9. The number of benzene rings is 2. The van der Waals surface area contributed by atoms with E-state index in [0.29, 0.717) is 27.0 Å². The van der Waals surface area contributed by atoms with Crippen molar-refractivity contribution in [3.63, 3.8) is 0 Å². The lowest BCUT2D eigenvalue weighted by Gasteiger charge is -2.09. The number of primary amides is 1.